The van der Waals surface area contributed by atoms with Gasteiger partial charge in [0.15, 0.2) is 0 Å². The smallest absolute Gasteiger partial charge is 0.314 e. The predicted octanol–water partition coefficient (Wildman–Crippen LogP) is 2.77. The quantitative estimate of drug-likeness (QED) is 0.194. The van der Waals surface area contributed by atoms with E-state index >= 15 is 0 Å². The number of nitro benzene ring substituents is 1. The Hall–Kier alpha value is -3.70. The number of nitrogens with zero attached hydrogens (tertiary/aromatic N) is 1. The number of halogens is 2. The molecule has 0 aliphatic rings. The number of H-pyrrole nitrogens is 4. The van der Waals surface area contributed by atoms with Crippen LogP contribution in [0.4, 0.5) is 5.69 Å². The Balaban J connectivity index is 0.000000189. The largest absolute Gasteiger partial charge is 0.316 e. The highest BCUT2D eigenvalue weighted by Crippen LogP contribution is 2.32. The fourth-order valence-corrected chi connectivity index (χ4v) is 3.87. The summed E-state index contributed by atoms with van der Waals surface area (Å²) in [4.78, 5) is 64.4. The Kier molecular flexibility index (Phi) is 6.84. The summed E-state index contributed by atoms with van der Waals surface area (Å²) in [6.45, 7) is 3.68. The van der Waals surface area contributed by atoms with Gasteiger partial charge in [-0.25, -0.2) is 0 Å². The van der Waals surface area contributed by atoms with Gasteiger partial charge in [0.2, 0.25) is 0 Å². The monoisotopic (exact) mass is 493 g/mol. The number of aromatic nitrogens is 4. The van der Waals surface area contributed by atoms with E-state index in [1.165, 1.54) is 6.07 Å². The van der Waals surface area contributed by atoms with Crippen molar-refractivity contribution in [2.24, 2.45) is 0 Å². The van der Waals surface area contributed by atoms with Crippen molar-refractivity contribution in [2.45, 2.75) is 26.7 Å². The van der Waals surface area contributed by atoms with Crippen molar-refractivity contribution in [1.29, 1.82) is 0 Å². The van der Waals surface area contributed by atoms with Crippen LogP contribution in [0.15, 0.2) is 37.4 Å². The van der Waals surface area contributed by atoms with Crippen molar-refractivity contribution in [1.82, 2.24) is 19.9 Å². The van der Waals surface area contributed by atoms with E-state index in [9.17, 15) is 29.3 Å². The Morgan fingerprint density at radius 1 is 0.758 bits per heavy atom. The first-order valence-corrected chi connectivity index (χ1v) is 10.4. The molecule has 0 bridgehead atoms. The van der Waals surface area contributed by atoms with Gasteiger partial charge in [0, 0.05) is 5.02 Å². The van der Waals surface area contributed by atoms with E-state index in [1.54, 1.807) is 19.1 Å². The molecule has 0 amide bonds. The van der Waals surface area contributed by atoms with Gasteiger partial charge < -0.3 is 19.9 Å². The molecule has 11 nitrogen and oxygen atoms in total. The summed E-state index contributed by atoms with van der Waals surface area (Å²) in [5.41, 5.74) is -0.902. The number of nitro groups is 1. The third kappa shape index (κ3) is 4.73. The Bertz CT molecular complexity index is 1630. The summed E-state index contributed by atoms with van der Waals surface area (Å²) < 4.78 is 0. The number of nitrogens with one attached hydrogen (secondary N) is 4. The molecule has 0 unspecified atom stereocenters. The van der Waals surface area contributed by atoms with Crippen molar-refractivity contribution in [3.8, 4) is 0 Å². The zero-order valence-corrected chi connectivity index (χ0v) is 18.8. The molecule has 4 rings (SSSR count). The molecule has 0 spiro atoms. The SMILES string of the molecule is CCc1c(Cl)cc2[nH]c(=O)c(=O)[nH]c2c1[N+](=O)[O-].CCc1cc2[nH]c(=O)c(=O)[nH]c2cc1Cl. The molecule has 2 aromatic carbocycles. The van der Waals surface area contributed by atoms with Crippen LogP contribution in [0.25, 0.3) is 22.1 Å². The normalized spacial score (nSPS) is 10.8. The zero-order valence-electron chi connectivity index (χ0n) is 17.3. The molecule has 0 saturated heterocycles. The number of benzene rings is 2. The molecule has 0 radical (unpaired) electrons. The van der Waals surface area contributed by atoms with Crippen molar-refractivity contribution in [3.63, 3.8) is 0 Å². The van der Waals surface area contributed by atoms with Crippen LogP contribution in [-0.2, 0) is 12.8 Å². The minimum absolute atomic E-state index is 0.0224. The highest BCUT2D eigenvalue weighted by molar-refractivity contribution is 6.32. The lowest BCUT2D eigenvalue weighted by atomic mass is 10.1. The first kappa shape index (κ1) is 24.0. The predicted molar refractivity (Wildman–Crippen MR) is 126 cm³/mol. The van der Waals surface area contributed by atoms with Crippen LogP contribution in [0.5, 0.6) is 0 Å². The lowest BCUT2D eigenvalue weighted by Crippen LogP contribution is -2.29. The van der Waals surface area contributed by atoms with Gasteiger partial charge in [-0.1, -0.05) is 37.0 Å². The molecule has 4 aromatic rings. The summed E-state index contributed by atoms with van der Waals surface area (Å²) in [6, 6.07) is 4.81. The van der Waals surface area contributed by atoms with Gasteiger partial charge in [0.05, 0.1) is 32.1 Å². The molecular weight excluding hydrogens is 477 g/mol. The zero-order chi connectivity index (χ0) is 24.4. The van der Waals surface area contributed by atoms with E-state index in [4.69, 9.17) is 23.2 Å². The summed E-state index contributed by atoms with van der Waals surface area (Å²) in [5, 5.41) is 11.8. The molecule has 0 atom stereocenters. The maximum atomic E-state index is 11.2. The highest BCUT2D eigenvalue weighted by atomic mass is 35.5. The van der Waals surface area contributed by atoms with E-state index in [2.05, 4.69) is 19.9 Å². The molecule has 0 saturated carbocycles. The highest BCUT2D eigenvalue weighted by Gasteiger charge is 2.22. The van der Waals surface area contributed by atoms with E-state index in [-0.39, 0.29) is 21.7 Å². The molecule has 0 aliphatic carbocycles. The average molecular weight is 494 g/mol. The third-order valence-electron chi connectivity index (χ3n) is 4.85. The van der Waals surface area contributed by atoms with E-state index in [0.29, 0.717) is 28.0 Å². The lowest BCUT2D eigenvalue weighted by molar-refractivity contribution is -0.383. The van der Waals surface area contributed by atoms with E-state index in [1.807, 2.05) is 6.92 Å². The van der Waals surface area contributed by atoms with Crippen LogP contribution in [0.2, 0.25) is 10.0 Å². The summed E-state index contributed by atoms with van der Waals surface area (Å²) in [7, 11) is 0. The summed E-state index contributed by atoms with van der Waals surface area (Å²) in [5.74, 6) is 0. The molecule has 2 aromatic heterocycles. The second-order valence-electron chi connectivity index (χ2n) is 6.88. The molecule has 33 heavy (non-hydrogen) atoms. The average Bonchev–Trinajstić information content (AvgIpc) is 2.75. The number of hydrogen-bond acceptors (Lipinski definition) is 6. The first-order valence-electron chi connectivity index (χ1n) is 9.64. The summed E-state index contributed by atoms with van der Waals surface area (Å²) >= 11 is 11.9. The minimum Gasteiger partial charge on any atom is -0.316 e. The van der Waals surface area contributed by atoms with Crippen LogP contribution in [-0.4, -0.2) is 24.9 Å². The minimum atomic E-state index is -0.935. The maximum Gasteiger partial charge on any atom is 0.314 e. The van der Waals surface area contributed by atoms with Crippen molar-refractivity contribution in [2.75, 3.05) is 0 Å². The Morgan fingerprint density at radius 2 is 1.24 bits per heavy atom. The van der Waals surface area contributed by atoms with Crippen molar-refractivity contribution in [3.05, 3.63) is 90.9 Å². The van der Waals surface area contributed by atoms with Crippen LogP contribution in [0.3, 0.4) is 0 Å². The van der Waals surface area contributed by atoms with E-state index < -0.39 is 27.2 Å². The fraction of sp³-hybridized carbons (Fsp3) is 0.200. The van der Waals surface area contributed by atoms with E-state index in [0.717, 1.165) is 12.0 Å². The standard InChI is InChI=1S/C10H8ClN3O4.C10H9ClN2O2/c1-2-4-5(11)3-6-7(8(4)14(17)18)13-10(16)9(15)12-6;1-2-5-3-7-8(4-6(5)11)13-10(15)9(14)12-7/h3H,2H2,1H3,(H,12,15)(H,13,16);3-4H,2H2,1H3,(H,12,14)(H,13,15). The van der Waals surface area contributed by atoms with Gasteiger partial charge in [-0.3, -0.25) is 29.3 Å². The first-order chi connectivity index (χ1) is 15.6. The van der Waals surface area contributed by atoms with Crippen molar-refractivity contribution < 1.29 is 4.92 Å². The fourth-order valence-electron chi connectivity index (χ4n) is 3.24. The van der Waals surface area contributed by atoms with Crippen LogP contribution in [0, 0.1) is 10.1 Å². The van der Waals surface area contributed by atoms with Gasteiger partial charge in [0.1, 0.15) is 5.52 Å². The van der Waals surface area contributed by atoms with Gasteiger partial charge in [-0.05, 0) is 36.6 Å². The molecular formula is C20H17Cl2N5O6. The van der Waals surface area contributed by atoms with Crippen LogP contribution >= 0.6 is 23.2 Å². The van der Waals surface area contributed by atoms with Crippen LogP contribution < -0.4 is 22.2 Å². The van der Waals surface area contributed by atoms with Gasteiger partial charge in [-0.15, -0.1) is 0 Å². The molecule has 4 N–H and O–H groups in total. The lowest BCUT2D eigenvalue weighted by Gasteiger charge is -2.06. The van der Waals surface area contributed by atoms with Crippen molar-refractivity contribution >= 4 is 51.0 Å². The van der Waals surface area contributed by atoms with Gasteiger partial charge in [-0.2, -0.15) is 0 Å². The molecule has 0 fully saturated rings. The molecule has 0 aliphatic heterocycles. The third-order valence-corrected chi connectivity index (χ3v) is 5.54. The second kappa shape index (κ2) is 9.43. The Labute approximate surface area is 193 Å². The summed E-state index contributed by atoms with van der Waals surface area (Å²) in [6.07, 6.45) is 1.11. The number of aromatic amines is 4. The topological polar surface area (TPSA) is 175 Å². The number of hydrogen-bond donors (Lipinski definition) is 4. The molecule has 172 valence electrons. The molecule has 2 heterocycles. The maximum absolute atomic E-state index is 11.2. The Morgan fingerprint density at radius 3 is 1.76 bits per heavy atom. The van der Waals surface area contributed by atoms with Gasteiger partial charge in [0.25, 0.3) is 5.69 Å². The van der Waals surface area contributed by atoms with Crippen LogP contribution in [0.1, 0.15) is 25.0 Å². The number of fused-ring (bicyclic) bond motifs is 2. The van der Waals surface area contributed by atoms with Gasteiger partial charge >= 0.3 is 22.2 Å². The number of aryl methyl sites for hydroxylation is 1. The number of rotatable bonds is 3. The second-order valence-corrected chi connectivity index (χ2v) is 7.69. The molecule has 13 heteroatoms.